The van der Waals surface area contributed by atoms with Crippen LogP contribution in [-0.2, 0) is 16.1 Å². The first-order valence-electron chi connectivity index (χ1n) is 7.46. The number of carbonyl (C=O) groups excluding carboxylic acids is 2. The SMILES string of the molecule is O=C(NCc1ccc(Cl)cc1)C(=O)Nc1nc(-c2ccccc2)cs1. The second kappa shape index (κ2) is 7.92. The van der Waals surface area contributed by atoms with E-state index >= 15 is 0 Å². The minimum atomic E-state index is -0.747. The maximum atomic E-state index is 12.0. The van der Waals surface area contributed by atoms with Crippen molar-refractivity contribution in [2.24, 2.45) is 0 Å². The summed E-state index contributed by atoms with van der Waals surface area (Å²) in [4.78, 5) is 28.2. The van der Waals surface area contributed by atoms with Crippen molar-refractivity contribution in [3.8, 4) is 11.3 Å². The Labute approximate surface area is 153 Å². The molecule has 5 nitrogen and oxygen atoms in total. The van der Waals surface area contributed by atoms with Crippen molar-refractivity contribution in [2.75, 3.05) is 5.32 Å². The first-order valence-corrected chi connectivity index (χ1v) is 8.72. The van der Waals surface area contributed by atoms with E-state index in [-0.39, 0.29) is 6.54 Å². The van der Waals surface area contributed by atoms with E-state index < -0.39 is 11.8 Å². The van der Waals surface area contributed by atoms with Gasteiger partial charge in [-0.3, -0.25) is 14.9 Å². The summed E-state index contributed by atoms with van der Waals surface area (Å²) in [6.45, 7) is 0.247. The molecule has 0 atom stereocenters. The van der Waals surface area contributed by atoms with Crippen LogP contribution < -0.4 is 10.6 Å². The lowest BCUT2D eigenvalue weighted by molar-refractivity contribution is -0.136. The molecule has 2 aromatic carbocycles. The summed E-state index contributed by atoms with van der Waals surface area (Å²) in [7, 11) is 0. The lowest BCUT2D eigenvalue weighted by Crippen LogP contribution is -2.34. The Morgan fingerprint density at radius 1 is 1.00 bits per heavy atom. The van der Waals surface area contributed by atoms with E-state index in [0.29, 0.717) is 10.2 Å². The van der Waals surface area contributed by atoms with Gasteiger partial charge in [-0.05, 0) is 17.7 Å². The smallest absolute Gasteiger partial charge is 0.315 e. The third-order valence-electron chi connectivity index (χ3n) is 3.37. The van der Waals surface area contributed by atoms with Crippen LogP contribution in [0, 0.1) is 0 Å². The Balaban J connectivity index is 1.56. The van der Waals surface area contributed by atoms with E-state index in [1.165, 1.54) is 11.3 Å². The van der Waals surface area contributed by atoms with Gasteiger partial charge in [-0.25, -0.2) is 4.98 Å². The van der Waals surface area contributed by atoms with Crippen LogP contribution in [0.4, 0.5) is 5.13 Å². The minimum absolute atomic E-state index is 0.247. The number of hydrogen-bond donors (Lipinski definition) is 2. The fourth-order valence-corrected chi connectivity index (χ4v) is 2.93. The van der Waals surface area contributed by atoms with E-state index in [9.17, 15) is 9.59 Å². The van der Waals surface area contributed by atoms with E-state index in [2.05, 4.69) is 15.6 Å². The molecule has 0 unspecified atom stereocenters. The molecule has 0 bridgehead atoms. The Kier molecular flexibility index (Phi) is 5.42. The van der Waals surface area contributed by atoms with Crippen molar-refractivity contribution in [3.05, 3.63) is 70.6 Å². The molecule has 3 rings (SSSR count). The van der Waals surface area contributed by atoms with Crippen LogP contribution in [0.1, 0.15) is 5.56 Å². The van der Waals surface area contributed by atoms with Crippen LogP contribution in [-0.4, -0.2) is 16.8 Å². The monoisotopic (exact) mass is 371 g/mol. The van der Waals surface area contributed by atoms with E-state index in [1.807, 2.05) is 35.7 Å². The van der Waals surface area contributed by atoms with Crippen LogP contribution in [0.5, 0.6) is 0 Å². The van der Waals surface area contributed by atoms with Crippen molar-refractivity contribution in [2.45, 2.75) is 6.54 Å². The van der Waals surface area contributed by atoms with Crippen molar-refractivity contribution >= 4 is 39.9 Å². The van der Waals surface area contributed by atoms with Crippen molar-refractivity contribution in [3.63, 3.8) is 0 Å². The van der Waals surface area contributed by atoms with Gasteiger partial charge >= 0.3 is 11.8 Å². The summed E-state index contributed by atoms with van der Waals surface area (Å²) < 4.78 is 0. The molecule has 3 aromatic rings. The van der Waals surface area contributed by atoms with Gasteiger partial charge in [0.2, 0.25) is 0 Å². The van der Waals surface area contributed by atoms with Gasteiger partial charge in [0.1, 0.15) is 0 Å². The van der Waals surface area contributed by atoms with E-state index in [4.69, 9.17) is 11.6 Å². The second-order valence-corrected chi connectivity index (χ2v) is 6.46. The number of halogens is 1. The first-order chi connectivity index (χ1) is 12.1. The highest BCUT2D eigenvalue weighted by Crippen LogP contribution is 2.24. The molecule has 0 spiro atoms. The van der Waals surface area contributed by atoms with Gasteiger partial charge in [0.15, 0.2) is 5.13 Å². The van der Waals surface area contributed by atoms with Gasteiger partial charge in [0.05, 0.1) is 5.69 Å². The Bertz CT molecular complexity index is 879. The predicted octanol–water partition coefficient (Wildman–Crippen LogP) is 3.72. The largest absolute Gasteiger partial charge is 0.344 e. The molecule has 126 valence electrons. The number of carbonyl (C=O) groups is 2. The quantitative estimate of drug-likeness (QED) is 0.686. The van der Waals surface area contributed by atoms with E-state index in [0.717, 1.165) is 16.8 Å². The molecule has 1 heterocycles. The maximum absolute atomic E-state index is 12.0. The molecule has 0 aliphatic rings. The normalized spacial score (nSPS) is 10.3. The van der Waals surface area contributed by atoms with Crippen LogP contribution in [0.3, 0.4) is 0 Å². The molecule has 7 heteroatoms. The number of benzene rings is 2. The lowest BCUT2D eigenvalue weighted by atomic mass is 10.2. The van der Waals surface area contributed by atoms with Crippen LogP contribution >= 0.6 is 22.9 Å². The number of aromatic nitrogens is 1. The highest BCUT2D eigenvalue weighted by atomic mass is 35.5. The molecular formula is C18H14ClN3O2S. The molecule has 0 aliphatic heterocycles. The zero-order chi connectivity index (χ0) is 17.6. The second-order valence-electron chi connectivity index (χ2n) is 5.17. The van der Waals surface area contributed by atoms with Gasteiger partial charge in [-0.15, -0.1) is 11.3 Å². The highest BCUT2D eigenvalue weighted by Gasteiger charge is 2.15. The zero-order valence-corrected chi connectivity index (χ0v) is 14.6. The molecule has 0 saturated heterocycles. The Morgan fingerprint density at radius 2 is 1.72 bits per heavy atom. The number of amides is 2. The Hall–Kier alpha value is -2.70. The number of thiazole rings is 1. The number of rotatable bonds is 4. The molecule has 1 aromatic heterocycles. The third-order valence-corrected chi connectivity index (χ3v) is 4.38. The van der Waals surface area contributed by atoms with Crippen molar-refractivity contribution in [1.29, 1.82) is 0 Å². The van der Waals surface area contributed by atoms with Crippen LogP contribution in [0.15, 0.2) is 60.0 Å². The molecular weight excluding hydrogens is 358 g/mol. The van der Waals surface area contributed by atoms with Crippen molar-refractivity contribution in [1.82, 2.24) is 10.3 Å². The zero-order valence-electron chi connectivity index (χ0n) is 13.0. The minimum Gasteiger partial charge on any atom is -0.344 e. The Morgan fingerprint density at radius 3 is 2.44 bits per heavy atom. The molecule has 0 fully saturated rings. The van der Waals surface area contributed by atoms with Crippen molar-refractivity contribution < 1.29 is 9.59 Å². The van der Waals surface area contributed by atoms with Gasteiger partial charge < -0.3 is 5.32 Å². The number of nitrogens with one attached hydrogen (secondary N) is 2. The van der Waals surface area contributed by atoms with E-state index in [1.54, 1.807) is 24.3 Å². The molecule has 25 heavy (non-hydrogen) atoms. The average Bonchev–Trinajstić information content (AvgIpc) is 3.10. The maximum Gasteiger partial charge on any atom is 0.315 e. The number of nitrogens with zero attached hydrogens (tertiary/aromatic N) is 1. The average molecular weight is 372 g/mol. The molecule has 2 amide bonds. The fourth-order valence-electron chi connectivity index (χ4n) is 2.09. The first kappa shape index (κ1) is 17.1. The standard InChI is InChI=1S/C18H14ClN3O2S/c19-14-8-6-12(7-9-14)10-20-16(23)17(24)22-18-21-15(11-25-18)13-4-2-1-3-5-13/h1-9,11H,10H2,(H,20,23)(H,21,22,24). The summed E-state index contributed by atoms with van der Waals surface area (Å²) in [6.07, 6.45) is 0. The molecule has 0 radical (unpaired) electrons. The molecule has 2 N–H and O–H groups in total. The van der Waals surface area contributed by atoms with Gasteiger partial charge in [0.25, 0.3) is 0 Å². The van der Waals surface area contributed by atoms with Gasteiger partial charge in [-0.1, -0.05) is 54.1 Å². The number of hydrogen-bond acceptors (Lipinski definition) is 4. The van der Waals surface area contributed by atoms with Gasteiger partial charge in [0, 0.05) is 22.5 Å². The van der Waals surface area contributed by atoms with Crippen LogP contribution in [0.2, 0.25) is 5.02 Å². The topological polar surface area (TPSA) is 71.1 Å². The summed E-state index contributed by atoms with van der Waals surface area (Å²) >= 11 is 7.07. The summed E-state index contributed by atoms with van der Waals surface area (Å²) in [6, 6.07) is 16.6. The molecule has 0 aliphatic carbocycles. The fraction of sp³-hybridized carbons (Fsp3) is 0.0556. The van der Waals surface area contributed by atoms with Gasteiger partial charge in [-0.2, -0.15) is 0 Å². The lowest BCUT2D eigenvalue weighted by Gasteiger charge is -2.05. The third kappa shape index (κ3) is 4.65. The predicted molar refractivity (Wildman–Crippen MR) is 99.5 cm³/mol. The van der Waals surface area contributed by atoms with Crippen LogP contribution in [0.25, 0.3) is 11.3 Å². The summed E-state index contributed by atoms with van der Waals surface area (Å²) in [5, 5.41) is 7.90. The summed E-state index contributed by atoms with van der Waals surface area (Å²) in [5.41, 5.74) is 2.56. The highest BCUT2D eigenvalue weighted by molar-refractivity contribution is 7.14. The number of anilines is 1. The summed E-state index contributed by atoms with van der Waals surface area (Å²) in [5.74, 6) is -1.46. The molecule has 0 saturated carbocycles.